The van der Waals surface area contributed by atoms with E-state index in [1.807, 2.05) is 0 Å². The summed E-state index contributed by atoms with van der Waals surface area (Å²) in [5, 5.41) is 0. The molecule has 4 heterocycles. The summed E-state index contributed by atoms with van der Waals surface area (Å²) in [6.45, 7) is 1.29. The Kier molecular flexibility index (Phi) is 3.65. The van der Waals surface area contributed by atoms with Gasteiger partial charge in [-0.1, -0.05) is 6.07 Å². The molecule has 2 aromatic rings. The van der Waals surface area contributed by atoms with Crippen LogP contribution in [-0.2, 0) is 25.3 Å². The molecule has 2 saturated heterocycles. The summed E-state index contributed by atoms with van der Waals surface area (Å²) in [5.74, 6) is -1.02. The van der Waals surface area contributed by atoms with E-state index in [9.17, 15) is 14.4 Å². The molecule has 7 nitrogen and oxygen atoms in total. The lowest BCUT2D eigenvalue weighted by molar-refractivity contribution is -0.134. The van der Waals surface area contributed by atoms with Crippen molar-refractivity contribution in [1.29, 1.82) is 0 Å². The molecule has 1 atom stereocenters. The van der Waals surface area contributed by atoms with E-state index >= 15 is 4.39 Å². The molecule has 1 saturated carbocycles. The highest BCUT2D eigenvalue weighted by Gasteiger charge is 2.58. The van der Waals surface area contributed by atoms with Crippen molar-refractivity contribution in [3.63, 3.8) is 0 Å². The van der Waals surface area contributed by atoms with Crippen LogP contribution in [0.4, 0.5) is 10.1 Å². The van der Waals surface area contributed by atoms with Gasteiger partial charge in [-0.25, -0.2) is 9.18 Å². The fraction of sp³-hybridized carbons (Fsp3) is 0.391. The number of benzene rings is 1. The second kappa shape index (κ2) is 6.12. The van der Waals surface area contributed by atoms with Gasteiger partial charge in [0.2, 0.25) is 11.8 Å². The van der Waals surface area contributed by atoms with E-state index in [0.717, 1.165) is 5.56 Å². The number of likely N-dealkylation sites (tertiary alicyclic amines) is 1. The molecule has 1 aromatic heterocycles. The minimum Gasteiger partial charge on any atom is -0.449 e. The van der Waals surface area contributed by atoms with Gasteiger partial charge in [0.1, 0.15) is 5.82 Å². The van der Waals surface area contributed by atoms with E-state index in [4.69, 9.17) is 4.74 Å². The van der Waals surface area contributed by atoms with Crippen LogP contribution in [0.1, 0.15) is 47.2 Å². The third-order valence-corrected chi connectivity index (χ3v) is 7.13. The highest BCUT2D eigenvalue weighted by molar-refractivity contribution is 5.99. The SMILES string of the molecule is O=C1OC2(CCN(C(=O)C3(c4ccc(N5CCC5=O)cc4F)CC3)C2)c2ccncc21. The van der Waals surface area contributed by atoms with Crippen LogP contribution in [0.2, 0.25) is 0 Å². The molecular formula is C23H20FN3O4. The predicted molar refractivity (Wildman–Crippen MR) is 107 cm³/mol. The molecule has 3 aliphatic heterocycles. The summed E-state index contributed by atoms with van der Waals surface area (Å²) < 4.78 is 20.7. The normalized spacial score (nSPS) is 25.5. The summed E-state index contributed by atoms with van der Waals surface area (Å²) in [4.78, 5) is 44.7. The van der Waals surface area contributed by atoms with Gasteiger partial charge in [-0.15, -0.1) is 0 Å². The lowest BCUT2D eigenvalue weighted by Gasteiger charge is -2.31. The zero-order chi connectivity index (χ0) is 21.4. The number of hydrogen-bond acceptors (Lipinski definition) is 5. The van der Waals surface area contributed by atoms with Gasteiger partial charge in [0.25, 0.3) is 0 Å². The van der Waals surface area contributed by atoms with Gasteiger partial charge < -0.3 is 14.5 Å². The second-order valence-corrected chi connectivity index (χ2v) is 8.82. The molecule has 0 bridgehead atoms. The Morgan fingerprint density at radius 1 is 1.10 bits per heavy atom. The molecule has 0 radical (unpaired) electrons. The van der Waals surface area contributed by atoms with Gasteiger partial charge in [-0.3, -0.25) is 14.6 Å². The van der Waals surface area contributed by atoms with Crippen LogP contribution in [0, 0.1) is 5.82 Å². The molecule has 8 heteroatoms. The zero-order valence-electron chi connectivity index (χ0n) is 16.8. The zero-order valence-corrected chi connectivity index (χ0v) is 16.8. The molecule has 31 heavy (non-hydrogen) atoms. The first-order chi connectivity index (χ1) is 14.9. The average Bonchev–Trinajstić information content (AvgIpc) is 3.37. The summed E-state index contributed by atoms with van der Waals surface area (Å²) in [7, 11) is 0. The molecule has 3 fully saturated rings. The van der Waals surface area contributed by atoms with E-state index in [1.165, 1.54) is 12.3 Å². The molecular weight excluding hydrogens is 401 g/mol. The molecule has 1 aliphatic carbocycles. The van der Waals surface area contributed by atoms with Gasteiger partial charge in [0.05, 0.1) is 17.5 Å². The van der Waals surface area contributed by atoms with Crippen molar-refractivity contribution >= 4 is 23.5 Å². The first-order valence-corrected chi connectivity index (χ1v) is 10.5. The smallest absolute Gasteiger partial charge is 0.341 e. The van der Waals surface area contributed by atoms with E-state index in [2.05, 4.69) is 4.98 Å². The van der Waals surface area contributed by atoms with Crippen molar-refractivity contribution in [2.24, 2.45) is 0 Å². The Bertz CT molecular complexity index is 1160. The molecule has 1 spiro atoms. The van der Waals surface area contributed by atoms with Crippen molar-refractivity contribution in [2.75, 3.05) is 24.5 Å². The number of carbonyl (C=O) groups excluding carboxylic acids is 3. The fourth-order valence-corrected chi connectivity index (χ4v) is 5.17. The van der Waals surface area contributed by atoms with Crippen LogP contribution in [-0.4, -0.2) is 47.3 Å². The summed E-state index contributed by atoms with van der Waals surface area (Å²) in [6.07, 6.45) is 5.26. The van der Waals surface area contributed by atoms with Gasteiger partial charge in [-0.2, -0.15) is 0 Å². The number of carbonyl (C=O) groups is 3. The summed E-state index contributed by atoms with van der Waals surface area (Å²) >= 11 is 0. The van der Waals surface area contributed by atoms with Crippen molar-refractivity contribution in [2.45, 2.75) is 36.7 Å². The standard InChI is InChI=1S/C23H20FN3O4/c24-18-11-14(27-9-4-19(27)28)1-2-17(18)22(5-6-22)21(30)26-10-7-23(13-26)16-3-8-25-12-15(16)20(29)31-23/h1-3,8,11-12H,4-7,9-10,13H2. The Morgan fingerprint density at radius 3 is 2.61 bits per heavy atom. The Morgan fingerprint density at radius 2 is 1.94 bits per heavy atom. The van der Waals surface area contributed by atoms with Crippen LogP contribution in [0.15, 0.2) is 36.7 Å². The highest BCUT2D eigenvalue weighted by Crippen LogP contribution is 2.53. The third kappa shape index (κ3) is 2.50. The maximum absolute atomic E-state index is 15.0. The minimum atomic E-state index is -0.878. The number of halogens is 1. The number of esters is 1. The maximum Gasteiger partial charge on any atom is 0.341 e. The number of nitrogens with zero attached hydrogens (tertiary/aromatic N) is 3. The topological polar surface area (TPSA) is 79.8 Å². The molecule has 2 amide bonds. The number of aromatic nitrogens is 1. The molecule has 1 aromatic carbocycles. The van der Waals surface area contributed by atoms with Crippen LogP contribution < -0.4 is 4.90 Å². The van der Waals surface area contributed by atoms with Crippen molar-refractivity contribution in [1.82, 2.24) is 9.88 Å². The maximum atomic E-state index is 15.0. The van der Waals surface area contributed by atoms with Crippen LogP contribution >= 0.6 is 0 Å². The molecule has 4 aliphatic rings. The number of ether oxygens (including phenoxy) is 1. The monoisotopic (exact) mass is 421 g/mol. The highest BCUT2D eigenvalue weighted by atomic mass is 19.1. The molecule has 158 valence electrons. The lowest BCUT2D eigenvalue weighted by Crippen LogP contribution is -2.43. The largest absolute Gasteiger partial charge is 0.449 e. The number of anilines is 1. The Hall–Kier alpha value is -3.29. The van der Waals surface area contributed by atoms with Crippen LogP contribution in [0.5, 0.6) is 0 Å². The number of hydrogen-bond donors (Lipinski definition) is 0. The van der Waals surface area contributed by atoms with E-state index < -0.39 is 22.8 Å². The molecule has 6 rings (SSSR count). The van der Waals surface area contributed by atoms with E-state index in [-0.39, 0.29) is 18.4 Å². The molecule has 1 unspecified atom stereocenters. The second-order valence-electron chi connectivity index (χ2n) is 8.82. The average molecular weight is 421 g/mol. The van der Waals surface area contributed by atoms with Crippen LogP contribution in [0.3, 0.4) is 0 Å². The van der Waals surface area contributed by atoms with Gasteiger partial charge >= 0.3 is 5.97 Å². The van der Waals surface area contributed by atoms with Crippen molar-refractivity contribution in [3.8, 4) is 0 Å². The minimum absolute atomic E-state index is 0.0201. The van der Waals surface area contributed by atoms with Gasteiger partial charge in [0.15, 0.2) is 5.60 Å². The number of amides is 2. The van der Waals surface area contributed by atoms with Crippen molar-refractivity contribution < 1.29 is 23.5 Å². The number of β-lactam (4-membered cyclic amide) rings is 1. The number of fused-ring (bicyclic) bond motifs is 2. The quantitative estimate of drug-likeness (QED) is 0.561. The first kappa shape index (κ1) is 18.5. The summed E-state index contributed by atoms with van der Waals surface area (Å²) in [5.41, 5.74) is 0.396. The Balaban J connectivity index is 1.26. The Labute approximate surface area is 177 Å². The number of rotatable bonds is 3. The molecule has 0 N–H and O–H groups in total. The first-order valence-electron chi connectivity index (χ1n) is 10.5. The van der Waals surface area contributed by atoms with E-state index in [0.29, 0.717) is 55.6 Å². The van der Waals surface area contributed by atoms with Gasteiger partial charge in [0, 0.05) is 55.1 Å². The van der Waals surface area contributed by atoms with Crippen LogP contribution in [0.25, 0.3) is 0 Å². The van der Waals surface area contributed by atoms with E-state index in [1.54, 1.807) is 34.2 Å². The third-order valence-electron chi connectivity index (χ3n) is 7.13. The lowest BCUT2D eigenvalue weighted by atomic mass is 9.92. The summed E-state index contributed by atoms with van der Waals surface area (Å²) in [6, 6.07) is 6.49. The predicted octanol–water partition coefficient (Wildman–Crippen LogP) is 2.29. The van der Waals surface area contributed by atoms with Crippen molar-refractivity contribution in [3.05, 3.63) is 59.2 Å². The fourth-order valence-electron chi connectivity index (χ4n) is 5.17. The van der Waals surface area contributed by atoms with Gasteiger partial charge in [-0.05, 0) is 31.0 Å². The number of pyridine rings is 1.